The van der Waals surface area contributed by atoms with Crippen molar-refractivity contribution < 1.29 is 27.9 Å². The minimum atomic E-state index is -4.53. The summed E-state index contributed by atoms with van der Waals surface area (Å²) in [6, 6.07) is 4.70. The standard InChI is InChI=1S/C11H11F3N2O3/c12-11(13,14)7-3-1-2-4-8(7)15-5-9(17)16-6-10(18)19/h1-4,15H,5-6H2,(H,16,17)(H,18,19). The van der Waals surface area contributed by atoms with Crippen LogP contribution in [0.5, 0.6) is 0 Å². The van der Waals surface area contributed by atoms with Gasteiger partial charge in [-0.05, 0) is 12.1 Å². The molecule has 0 heterocycles. The van der Waals surface area contributed by atoms with Crippen molar-refractivity contribution in [1.29, 1.82) is 0 Å². The number of carbonyl (C=O) groups is 2. The maximum absolute atomic E-state index is 12.6. The Kier molecular flexibility index (Phi) is 4.74. The minimum absolute atomic E-state index is 0.236. The predicted octanol–water partition coefficient (Wildman–Crippen LogP) is 1.32. The van der Waals surface area contributed by atoms with E-state index in [0.29, 0.717) is 0 Å². The van der Waals surface area contributed by atoms with Crippen molar-refractivity contribution in [2.45, 2.75) is 6.18 Å². The molecule has 19 heavy (non-hydrogen) atoms. The summed E-state index contributed by atoms with van der Waals surface area (Å²) in [5, 5.41) is 12.7. The zero-order valence-corrected chi connectivity index (χ0v) is 9.62. The third-order valence-corrected chi connectivity index (χ3v) is 2.11. The molecule has 0 aliphatic carbocycles. The fourth-order valence-corrected chi connectivity index (χ4v) is 1.30. The van der Waals surface area contributed by atoms with Gasteiger partial charge in [-0.2, -0.15) is 13.2 Å². The van der Waals surface area contributed by atoms with Gasteiger partial charge in [-0.3, -0.25) is 9.59 Å². The van der Waals surface area contributed by atoms with Crippen LogP contribution in [0.25, 0.3) is 0 Å². The molecule has 8 heteroatoms. The lowest BCUT2D eigenvalue weighted by atomic mass is 10.1. The van der Waals surface area contributed by atoms with E-state index < -0.39 is 36.7 Å². The van der Waals surface area contributed by atoms with Gasteiger partial charge in [0, 0.05) is 5.69 Å². The number of para-hydroxylation sites is 1. The van der Waals surface area contributed by atoms with Crippen molar-refractivity contribution in [3.05, 3.63) is 29.8 Å². The molecule has 0 aliphatic heterocycles. The van der Waals surface area contributed by atoms with Crippen molar-refractivity contribution in [1.82, 2.24) is 5.32 Å². The minimum Gasteiger partial charge on any atom is -0.480 e. The van der Waals surface area contributed by atoms with Gasteiger partial charge in [-0.15, -0.1) is 0 Å². The quantitative estimate of drug-likeness (QED) is 0.758. The molecule has 1 amide bonds. The number of carboxylic acid groups (broad SMARTS) is 1. The summed E-state index contributed by atoms with van der Waals surface area (Å²) in [7, 11) is 0. The molecule has 0 aliphatic rings. The molecule has 1 aromatic rings. The van der Waals surface area contributed by atoms with Crippen molar-refractivity contribution in [3.8, 4) is 0 Å². The van der Waals surface area contributed by atoms with Gasteiger partial charge in [0.05, 0.1) is 12.1 Å². The lowest BCUT2D eigenvalue weighted by Gasteiger charge is -2.13. The SMILES string of the molecule is O=C(O)CNC(=O)CNc1ccccc1C(F)(F)F. The van der Waals surface area contributed by atoms with E-state index in [-0.39, 0.29) is 5.69 Å². The molecule has 0 fully saturated rings. The summed E-state index contributed by atoms with van der Waals surface area (Å²) in [6.07, 6.45) is -4.53. The van der Waals surface area contributed by atoms with Gasteiger partial charge in [-0.1, -0.05) is 12.1 Å². The monoisotopic (exact) mass is 276 g/mol. The van der Waals surface area contributed by atoms with Gasteiger partial charge < -0.3 is 15.7 Å². The first-order chi connectivity index (χ1) is 8.80. The van der Waals surface area contributed by atoms with Crippen molar-refractivity contribution in [2.75, 3.05) is 18.4 Å². The first-order valence-corrected chi connectivity index (χ1v) is 5.19. The Morgan fingerprint density at radius 1 is 1.16 bits per heavy atom. The highest BCUT2D eigenvalue weighted by Gasteiger charge is 2.33. The number of hydrogen-bond acceptors (Lipinski definition) is 3. The van der Waals surface area contributed by atoms with Crippen molar-refractivity contribution >= 4 is 17.6 Å². The Hall–Kier alpha value is -2.25. The summed E-state index contributed by atoms with van der Waals surface area (Å²) >= 11 is 0. The summed E-state index contributed by atoms with van der Waals surface area (Å²) < 4.78 is 37.8. The topological polar surface area (TPSA) is 78.4 Å². The lowest BCUT2D eigenvalue weighted by molar-refractivity contribution is -0.137. The number of carboxylic acids is 1. The van der Waals surface area contributed by atoms with Gasteiger partial charge in [0.25, 0.3) is 0 Å². The number of halogens is 3. The van der Waals surface area contributed by atoms with E-state index in [1.54, 1.807) is 0 Å². The Morgan fingerprint density at radius 3 is 2.37 bits per heavy atom. The van der Waals surface area contributed by atoms with E-state index in [2.05, 4.69) is 5.32 Å². The average Bonchev–Trinajstić information content (AvgIpc) is 2.33. The van der Waals surface area contributed by atoms with Crippen LogP contribution in [0, 0.1) is 0 Å². The van der Waals surface area contributed by atoms with Crippen LogP contribution in [0.15, 0.2) is 24.3 Å². The normalized spacial score (nSPS) is 10.9. The van der Waals surface area contributed by atoms with Gasteiger partial charge in [0.15, 0.2) is 0 Å². The molecule has 0 saturated carbocycles. The van der Waals surface area contributed by atoms with E-state index in [9.17, 15) is 22.8 Å². The summed E-state index contributed by atoms with van der Waals surface area (Å²) in [5.74, 6) is -1.94. The van der Waals surface area contributed by atoms with E-state index in [4.69, 9.17) is 5.11 Å². The summed E-state index contributed by atoms with van der Waals surface area (Å²) in [6.45, 7) is -1.03. The fourth-order valence-electron chi connectivity index (χ4n) is 1.30. The zero-order valence-electron chi connectivity index (χ0n) is 9.62. The van der Waals surface area contributed by atoms with Gasteiger partial charge in [0.1, 0.15) is 6.54 Å². The Labute approximate surface area is 106 Å². The number of anilines is 1. The van der Waals surface area contributed by atoms with Crippen LogP contribution in [-0.2, 0) is 15.8 Å². The number of alkyl halides is 3. The van der Waals surface area contributed by atoms with Crippen molar-refractivity contribution in [3.63, 3.8) is 0 Å². The van der Waals surface area contributed by atoms with E-state index >= 15 is 0 Å². The molecule has 0 aromatic heterocycles. The molecule has 104 valence electrons. The Morgan fingerprint density at radius 2 is 1.79 bits per heavy atom. The maximum atomic E-state index is 12.6. The second-order valence-electron chi connectivity index (χ2n) is 3.57. The average molecular weight is 276 g/mol. The Bertz CT molecular complexity index is 474. The van der Waals surface area contributed by atoms with Gasteiger partial charge >= 0.3 is 12.1 Å². The second-order valence-corrected chi connectivity index (χ2v) is 3.57. The first-order valence-electron chi connectivity index (χ1n) is 5.19. The third kappa shape index (κ3) is 4.86. The molecule has 5 nitrogen and oxygen atoms in total. The maximum Gasteiger partial charge on any atom is 0.418 e. The molecule has 0 spiro atoms. The van der Waals surface area contributed by atoms with Crippen LogP contribution < -0.4 is 10.6 Å². The van der Waals surface area contributed by atoms with E-state index in [1.807, 2.05) is 5.32 Å². The number of benzene rings is 1. The Balaban J connectivity index is 2.63. The lowest BCUT2D eigenvalue weighted by Crippen LogP contribution is -2.34. The van der Waals surface area contributed by atoms with Crippen LogP contribution in [0.2, 0.25) is 0 Å². The largest absolute Gasteiger partial charge is 0.480 e. The fraction of sp³-hybridized carbons (Fsp3) is 0.273. The highest BCUT2D eigenvalue weighted by Crippen LogP contribution is 2.34. The molecule has 0 saturated heterocycles. The molecule has 0 unspecified atom stereocenters. The number of rotatable bonds is 5. The van der Waals surface area contributed by atoms with Crippen LogP contribution in [0.1, 0.15) is 5.56 Å². The number of amides is 1. The molecule has 1 aromatic carbocycles. The molecule has 0 atom stereocenters. The van der Waals surface area contributed by atoms with Crippen molar-refractivity contribution in [2.24, 2.45) is 0 Å². The van der Waals surface area contributed by atoms with Crippen LogP contribution in [0.4, 0.5) is 18.9 Å². The smallest absolute Gasteiger partial charge is 0.418 e. The molecule has 0 radical (unpaired) electrons. The van der Waals surface area contributed by atoms with Gasteiger partial charge in [-0.25, -0.2) is 0 Å². The summed E-state index contributed by atoms with van der Waals surface area (Å²) in [5.41, 5.74) is -1.12. The molecule has 0 bridgehead atoms. The predicted molar refractivity (Wildman–Crippen MR) is 60.6 cm³/mol. The molecule has 1 rings (SSSR count). The van der Waals surface area contributed by atoms with Crippen LogP contribution in [0.3, 0.4) is 0 Å². The number of carbonyl (C=O) groups excluding carboxylic acids is 1. The third-order valence-electron chi connectivity index (χ3n) is 2.11. The number of nitrogens with one attached hydrogen (secondary N) is 2. The van der Waals surface area contributed by atoms with Crippen LogP contribution >= 0.6 is 0 Å². The highest BCUT2D eigenvalue weighted by atomic mass is 19.4. The number of aliphatic carboxylic acids is 1. The zero-order chi connectivity index (χ0) is 14.5. The second kappa shape index (κ2) is 6.07. The van der Waals surface area contributed by atoms with Crippen LogP contribution in [-0.4, -0.2) is 30.1 Å². The number of hydrogen-bond donors (Lipinski definition) is 3. The first kappa shape index (κ1) is 14.8. The summed E-state index contributed by atoms with van der Waals surface area (Å²) in [4.78, 5) is 21.3. The van der Waals surface area contributed by atoms with E-state index in [0.717, 1.165) is 6.07 Å². The molecule has 3 N–H and O–H groups in total. The van der Waals surface area contributed by atoms with E-state index in [1.165, 1.54) is 18.2 Å². The molecular weight excluding hydrogens is 265 g/mol. The molecular formula is C11H11F3N2O3. The van der Waals surface area contributed by atoms with Gasteiger partial charge in [0.2, 0.25) is 5.91 Å². The highest BCUT2D eigenvalue weighted by molar-refractivity contribution is 5.84.